The van der Waals surface area contributed by atoms with Gasteiger partial charge in [-0.15, -0.1) is 0 Å². The van der Waals surface area contributed by atoms with E-state index in [1.165, 1.54) is 0 Å². The fourth-order valence-electron chi connectivity index (χ4n) is 2.16. The summed E-state index contributed by atoms with van der Waals surface area (Å²) in [5, 5.41) is 9.78. The van der Waals surface area contributed by atoms with Crippen LogP contribution in [0.2, 0.25) is 5.02 Å². The molecule has 0 saturated carbocycles. The maximum absolute atomic E-state index is 11.1. The molecule has 92 valence electrons. The van der Waals surface area contributed by atoms with E-state index in [1.807, 2.05) is 23.1 Å². The summed E-state index contributed by atoms with van der Waals surface area (Å²) < 4.78 is 0.932. The lowest BCUT2D eigenvalue weighted by Crippen LogP contribution is -2.35. The first kappa shape index (κ1) is 12.9. The lowest BCUT2D eigenvalue weighted by molar-refractivity contribution is -0.142. The van der Waals surface area contributed by atoms with Crippen molar-refractivity contribution in [2.75, 3.05) is 6.54 Å². The Bertz CT molecular complexity index is 439. The van der Waals surface area contributed by atoms with Crippen molar-refractivity contribution in [1.29, 1.82) is 0 Å². The molecule has 1 heterocycles. The Kier molecular flexibility index (Phi) is 4.07. The maximum atomic E-state index is 11.1. The van der Waals surface area contributed by atoms with Crippen molar-refractivity contribution in [3.05, 3.63) is 33.3 Å². The van der Waals surface area contributed by atoms with Gasteiger partial charge in [-0.05, 0) is 37.1 Å². The van der Waals surface area contributed by atoms with Gasteiger partial charge < -0.3 is 5.11 Å². The van der Waals surface area contributed by atoms with Crippen LogP contribution in [0.15, 0.2) is 22.7 Å². The molecule has 1 fully saturated rings. The standard InChI is InChI=1S/C12H13BrClNO2/c13-10-6-9(14)4-3-8(10)7-15-5-1-2-11(15)12(16)17/h3-4,6,11H,1-2,5,7H2,(H,16,17)/t11-/m1/s1. The Hall–Kier alpha value is -0.580. The van der Waals surface area contributed by atoms with Crippen LogP contribution in [0.3, 0.4) is 0 Å². The molecule has 1 aliphatic rings. The minimum Gasteiger partial charge on any atom is -0.480 e. The van der Waals surface area contributed by atoms with Crippen molar-refractivity contribution in [2.45, 2.75) is 25.4 Å². The summed E-state index contributed by atoms with van der Waals surface area (Å²) in [6.07, 6.45) is 1.68. The molecule has 0 bridgehead atoms. The number of carbonyl (C=O) groups is 1. The Morgan fingerprint density at radius 3 is 3.00 bits per heavy atom. The third kappa shape index (κ3) is 3.00. The minimum absolute atomic E-state index is 0.349. The van der Waals surface area contributed by atoms with E-state index in [1.54, 1.807) is 0 Å². The second kappa shape index (κ2) is 5.38. The zero-order valence-electron chi connectivity index (χ0n) is 9.20. The summed E-state index contributed by atoms with van der Waals surface area (Å²) >= 11 is 9.33. The van der Waals surface area contributed by atoms with Gasteiger partial charge in [0.1, 0.15) is 6.04 Å². The highest BCUT2D eigenvalue weighted by molar-refractivity contribution is 9.10. The van der Waals surface area contributed by atoms with Crippen molar-refractivity contribution in [3.63, 3.8) is 0 Å². The molecular formula is C12H13BrClNO2. The molecule has 1 saturated heterocycles. The van der Waals surface area contributed by atoms with Crippen LogP contribution < -0.4 is 0 Å². The predicted octanol–water partition coefficient (Wildman–Crippen LogP) is 3.15. The van der Waals surface area contributed by atoms with Crippen molar-refractivity contribution in [1.82, 2.24) is 4.90 Å². The highest BCUT2D eigenvalue weighted by Crippen LogP contribution is 2.26. The molecule has 1 aromatic carbocycles. The average molecular weight is 319 g/mol. The van der Waals surface area contributed by atoms with E-state index in [4.69, 9.17) is 16.7 Å². The van der Waals surface area contributed by atoms with E-state index < -0.39 is 5.97 Å². The molecule has 1 aliphatic heterocycles. The third-order valence-corrected chi connectivity index (χ3v) is 4.01. The van der Waals surface area contributed by atoms with Crippen LogP contribution in [0.5, 0.6) is 0 Å². The molecule has 17 heavy (non-hydrogen) atoms. The zero-order valence-corrected chi connectivity index (χ0v) is 11.5. The monoisotopic (exact) mass is 317 g/mol. The number of carboxylic acids is 1. The van der Waals surface area contributed by atoms with Crippen LogP contribution in [0, 0.1) is 0 Å². The Morgan fingerprint density at radius 2 is 2.35 bits per heavy atom. The van der Waals surface area contributed by atoms with Gasteiger partial charge in [-0.2, -0.15) is 0 Å². The number of likely N-dealkylation sites (tertiary alicyclic amines) is 1. The third-order valence-electron chi connectivity index (χ3n) is 3.04. The minimum atomic E-state index is -0.729. The molecule has 0 aliphatic carbocycles. The molecule has 0 radical (unpaired) electrons. The van der Waals surface area contributed by atoms with E-state index in [2.05, 4.69) is 15.9 Å². The number of aliphatic carboxylic acids is 1. The second-order valence-electron chi connectivity index (χ2n) is 4.20. The molecule has 1 aromatic rings. The lowest BCUT2D eigenvalue weighted by Gasteiger charge is -2.21. The Labute approximate surface area is 114 Å². The van der Waals surface area contributed by atoms with Crippen LogP contribution in [0.4, 0.5) is 0 Å². The number of rotatable bonds is 3. The van der Waals surface area contributed by atoms with Gasteiger partial charge in [0.05, 0.1) is 0 Å². The first-order chi connectivity index (χ1) is 8.08. The lowest BCUT2D eigenvalue weighted by atomic mass is 10.2. The van der Waals surface area contributed by atoms with E-state index in [9.17, 15) is 4.79 Å². The molecule has 3 nitrogen and oxygen atoms in total. The SMILES string of the molecule is O=C(O)[C@H]1CCCN1Cc1ccc(Cl)cc1Br. The molecule has 5 heteroatoms. The number of hydrogen-bond acceptors (Lipinski definition) is 2. The van der Waals surface area contributed by atoms with Gasteiger partial charge >= 0.3 is 5.97 Å². The van der Waals surface area contributed by atoms with Crippen LogP contribution >= 0.6 is 27.5 Å². The Balaban J connectivity index is 2.12. The average Bonchev–Trinajstić information content (AvgIpc) is 2.70. The van der Waals surface area contributed by atoms with Crippen molar-refractivity contribution in [3.8, 4) is 0 Å². The number of carboxylic acid groups (broad SMARTS) is 1. The van der Waals surface area contributed by atoms with Crippen LogP contribution in [0.25, 0.3) is 0 Å². The first-order valence-electron chi connectivity index (χ1n) is 5.48. The fourth-order valence-corrected chi connectivity index (χ4v) is 2.97. The van der Waals surface area contributed by atoms with Gasteiger partial charge in [0.25, 0.3) is 0 Å². The van der Waals surface area contributed by atoms with Gasteiger partial charge in [0.15, 0.2) is 0 Å². The summed E-state index contributed by atoms with van der Waals surface area (Å²) in [6.45, 7) is 1.49. The smallest absolute Gasteiger partial charge is 0.320 e. The molecule has 2 rings (SSSR count). The van der Waals surface area contributed by atoms with E-state index in [0.29, 0.717) is 11.6 Å². The van der Waals surface area contributed by atoms with Gasteiger partial charge in [0, 0.05) is 16.0 Å². The molecular weight excluding hydrogens is 305 g/mol. The number of benzene rings is 1. The normalized spacial score (nSPS) is 20.7. The Morgan fingerprint density at radius 1 is 1.59 bits per heavy atom. The highest BCUT2D eigenvalue weighted by atomic mass is 79.9. The van der Waals surface area contributed by atoms with Gasteiger partial charge in [0.2, 0.25) is 0 Å². The van der Waals surface area contributed by atoms with E-state index in [-0.39, 0.29) is 6.04 Å². The largest absolute Gasteiger partial charge is 0.480 e. The van der Waals surface area contributed by atoms with Gasteiger partial charge in [-0.3, -0.25) is 9.69 Å². The number of hydrogen-bond donors (Lipinski definition) is 1. The fraction of sp³-hybridized carbons (Fsp3) is 0.417. The second-order valence-corrected chi connectivity index (χ2v) is 5.49. The summed E-state index contributed by atoms with van der Waals surface area (Å²) in [6, 6.07) is 5.25. The molecule has 1 atom stereocenters. The molecule has 0 unspecified atom stereocenters. The summed E-state index contributed by atoms with van der Waals surface area (Å²) in [5.41, 5.74) is 1.07. The van der Waals surface area contributed by atoms with Gasteiger partial charge in [-0.25, -0.2) is 0 Å². The van der Waals surface area contributed by atoms with Crippen LogP contribution in [-0.2, 0) is 11.3 Å². The molecule has 0 spiro atoms. The van der Waals surface area contributed by atoms with E-state index >= 15 is 0 Å². The van der Waals surface area contributed by atoms with E-state index in [0.717, 1.165) is 29.4 Å². The van der Waals surface area contributed by atoms with Crippen LogP contribution in [0.1, 0.15) is 18.4 Å². The summed E-state index contributed by atoms with van der Waals surface area (Å²) in [4.78, 5) is 13.1. The quantitative estimate of drug-likeness (QED) is 0.930. The van der Waals surface area contributed by atoms with Crippen molar-refractivity contribution >= 4 is 33.5 Å². The topological polar surface area (TPSA) is 40.5 Å². The van der Waals surface area contributed by atoms with Crippen LogP contribution in [-0.4, -0.2) is 28.6 Å². The zero-order chi connectivity index (χ0) is 12.4. The summed E-state index contributed by atoms with van der Waals surface area (Å²) in [5.74, 6) is -0.729. The molecule has 0 aromatic heterocycles. The number of halogens is 2. The van der Waals surface area contributed by atoms with Crippen molar-refractivity contribution < 1.29 is 9.90 Å². The highest BCUT2D eigenvalue weighted by Gasteiger charge is 2.30. The predicted molar refractivity (Wildman–Crippen MR) is 70.2 cm³/mol. The van der Waals surface area contributed by atoms with Crippen molar-refractivity contribution in [2.24, 2.45) is 0 Å². The molecule has 1 N–H and O–H groups in total. The number of nitrogens with zero attached hydrogens (tertiary/aromatic N) is 1. The molecule has 0 amide bonds. The van der Waals surface area contributed by atoms with Gasteiger partial charge in [-0.1, -0.05) is 33.6 Å². The maximum Gasteiger partial charge on any atom is 0.320 e. The summed E-state index contributed by atoms with van der Waals surface area (Å²) in [7, 11) is 0. The first-order valence-corrected chi connectivity index (χ1v) is 6.66.